The zero-order valence-corrected chi connectivity index (χ0v) is 16.9. The van der Waals surface area contributed by atoms with E-state index in [1.54, 1.807) is 6.33 Å². The zero-order chi connectivity index (χ0) is 19.5. The van der Waals surface area contributed by atoms with E-state index in [1.807, 2.05) is 25.1 Å². The average molecular weight is 380 g/mol. The number of pyridine rings is 1. The minimum Gasteiger partial charge on any atom is -0.379 e. The lowest BCUT2D eigenvalue weighted by atomic mass is 10.2. The van der Waals surface area contributed by atoms with Gasteiger partial charge in [-0.25, -0.2) is 15.0 Å². The van der Waals surface area contributed by atoms with Crippen LogP contribution in [0.5, 0.6) is 0 Å². The third-order valence-corrected chi connectivity index (χ3v) is 5.44. The van der Waals surface area contributed by atoms with Gasteiger partial charge in [0.1, 0.15) is 18.0 Å². The number of aryl methyl sites for hydroxylation is 2. The Morgan fingerprint density at radius 3 is 2.71 bits per heavy atom. The van der Waals surface area contributed by atoms with Crippen LogP contribution in [0.2, 0.25) is 0 Å². The van der Waals surface area contributed by atoms with E-state index in [-0.39, 0.29) is 0 Å². The summed E-state index contributed by atoms with van der Waals surface area (Å²) < 4.78 is 7.54. The van der Waals surface area contributed by atoms with Crippen LogP contribution in [0.4, 0.5) is 5.82 Å². The predicted molar refractivity (Wildman–Crippen MR) is 111 cm³/mol. The molecule has 3 aromatic heterocycles. The van der Waals surface area contributed by atoms with Crippen LogP contribution in [0.15, 0.2) is 24.5 Å². The Morgan fingerprint density at radius 1 is 1.11 bits per heavy atom. The van der Waals surface area contributed by atoms with Crippen molar-refractivity contribution in [2.75, 3.05) is 44.7 Å². The molecule has 0 aromatic carbocycles. The Kier molecular flexibility index (Phi) is 5.54. The molecule has 7 nitrogen and oxygen atoms in total. The predicted octanol–water partition coefficient (Wildman–Crippen LogP) is 2.87. The molecule has 1 fully saturated rings. The molecule has 4 rings (SSSR count). The fourth-order valence-electron chi connectivity index (χ4n) is 3.80. The van der Waals surface area contributed by atoms with Gasteiger partial charge in [0, 0.05) is 31.0 Å². The van der Waals surface area contributed by atoms with Gasteiger partial charge in [-0.1, -0.05) is 6.07 Å². The van der Waals surface area contributed by atoms with Crippen molar-refractivity contribution in [3.05, 3.63) is 41.5 Å². The van der Waals surface area contributed by atoms with E-state index >= 15 is 0 Å². The minimum atomic E-state index is 0.846. The first-order valence-corrected chi connectivity index (χ1v) is 9.96. The summed E-state index contributed by atoms with van der Waals surface area (Å²) in [7, 11) is 0. The number of fused-ring (bicyclic) bond motifs is 1. The summed E-state index contributed by atoms with van der Waals surface area (Å²) in [5, 5.41) is 4.61. The van der Waals surface area contributed by atoms with Crippen LogP contribution in [0, 0.1) is 20.8 Å². The number of anilines is 1. The van der Waals surface area contributed by atoms with Crippen molar-refractivity contribution in [1.29, 1.82) is 0 Å². The van der Waals surface area contributed by atoms with Crippen molar-refractivity contribution in [2.24, 2.45) is 0 Å². The number of hydrogen-bond donors (Lipinski definition) is 1. The van der Waals surface area contributed by atoms with Crippen LogP contribution in [-0.4, -0.2) is 63.8 Å². The molecule has 0 saturated carbocycles. The summed E-state index contributed by atoms with van der Waals surface area (Å²) in [6.45, 7) is 12.0. The highest BCUT2D eigenvalue weighted by Gasteiger charge is 2.18. The van der Waals surface area contributed by atoms with Gasteiger partial charge in [-0.3, -0.25) is 9.47 Å². The Balaban J connectivity index is 1.56. The number of nitrogens with zero attached hydrogens (tertiary/aromatic N) is 5. The maximum atomic E-state index is 5.41. The van der Waals surface area contributed by atoms with E-state index in [0.29, 0.717) is 0 Å². The fourth-order valence-corrected chi connectivity index (χ4v) is 3.80. The van der Waals surface area contributed by atoms with Crippen LogP contribution in [0.1, 0.15) is 23.4 Å². The summed E-state index contributed by atoms with van der Waals surface area (Å²) in [5.74, 6) is 1.80. The van der Waals surface area contributed by atoms with Gasteiger partial charge in [0.05, 0.1) is 18.6 Å². The summed E-state index contributed by atoms with van der Waals surface area (Å²) >= 11 is 0. The van der Waals surface area contributed by atoms with E-state index in [1.165, 1.54) is 5.56 Å². The van der Waals surface area contributed by atoms with Gasteiger partial charge < -0.3 is 10.1 Å². The molecule has 4 heterocycles. The normalized spacial score (nSPS) is 15.2. The molecule has 0 unspecified atom stereocenters. The van der Waals surface area contributed by atoms with Crippen molar-refractivity contribution in [2.45, 2.75) is 27.2 Å². The highest BCUT2D eigenvalue weighted by atomic mass is 16.5. The quantitative estimate of drug-likeness (QED) is 0.663. The van der Waals surface area contributed by atoms with Crippen LogP contribution in [0.25, 0.3) is 16.9 Å². The first kappa shape index (κ1) is 18.8. The van der Waals surface area contributed by atoms with Gasteiger partial charge in [0.15, 0.2) is 5.65 Å². The maximum Gasteiger partial charge on any atom is 0.151 e. The molecule has 1 aliphatic heterocycles. The average Bonchev–Trinajstić information content (AvgIpc) is 2.97. The van der Waals surface area contributed by atoms with E-state index in [2.05, 4.69) is 38.6 Å². The minimum absolute atomic E-state index is 0.846. The molecule has 0 amide bonds. The molecule has 28 heavy (non-hydrogen) atoms. The zero-order valence-electron chi connectivity index (χ0n) is 16.9. The molecular formula is C21H28N6O. The SMILES string of the molecule is Cc1cccc(-n2c(C)c(C)c3c(NCCCN4CCOCC4)ncnc32)n1. The van der Waals surface area contributed by atoms with Crippen molar-refractivity contribution < 1.29 is 4.74 Å². The van der Waals surface area contributed by atoms with Crippen molar-refractivity contribution in [1.82, 2.24) is 24.4 Å². The molecule has 0 aliphatic carbocycles. The molecule has 1 N–H and O–H groups in total. The summed E-state index contributed by atoms with van der Waals surface area (Å²) in [6, 6.07) is 6.06. The lowest BCUT2D eigenvalue weighted by molar-refractivity contribution is 0.0378. The van der Waals surface area contributed by atoms with Crippen LogP contribution < -0.4 is 5.32 Å². The Labute approximate surface area is 165 Å². The Bertz CT molecular complexity index is 961. The monoisotopic (exact) mass is 380 g/mol. The van der Waals surface area contributed by atoms with E-state index in [0.717, 1.165) is 79.9 Å². The fraction of sp³-hybridized carbons (Fsp3) is 0.476. The smallest absolute Gasteiger partial charge is 0.151 e. The highest BCUT2D eigenvalue weighted by molar-refractivity contribution is 5.92. The lowest BCUT2D eigenvalue weighted by Gasteiger charge is -2.26. The number of nitrogens with one attached hydrogen (secondary N) is 1. The van der Waals surface area contributed by atoms with E-state index in [9.17, 15) is 0 Å². The molecule has 0 atom stereocenters. The summed E-state index contributed by atoms with van der Waals surface area (Å²) in [4.78, 5) is 16.3. The third kappa shape index (κ3) is 3.72. The third-order valence-electron chi connectivity index (χ3n) is 5.44. The maximum absolute atomic E-state index is 5.41. The summed E-state index contributed by atoms with van der Waals surface area (Å²) in [6.07, 6.45) is 2.71. The number of morpholine rings is 1. The van der Waals surface area contributed by atoms with Gasteiger partial charge in [-0.05, 0) is 51.4 Å². The molecule has 148 valence electrons. The van der Waals surface area contributed by atoms with Crippen LogP contribution in [0.3, 0.4) is 0 Å². The molecule has 0 spiro atoms. The molecule has 1 saturated heterocycles. The topological polar surface area (TPSA) is 68.1 Å². The van der Waals surface area contributed by atoms with Crippen molar-refractivity contribution in [3.8, 4) is 5.82 Å². The second kappa shape index (κ2) is 8.24. The van der Waals surface area contributed by atoms with Gasteiger partial charge in [0.2, 0.25) is 0 Å². The van der Waals surface area contributed by atoms with Gasteiger partial charge in [-0.15, -0.1) is 0 Å². The molecule has 0 bridgehead atoms. The number of ether oxygens (including phenoxy) is 1. The Morgan fingerprint density at radius 2 is 1.93 bits per heavy atom. The first-order valence-electron chi connectivity index (χ1n) is 9.96. The van der Waals surface area contributed by atoms with Gasteiger partial charge in [0.25, 0.3) is 0 Å². The Hall–Kier alpha value is -2.51. The van der Waals surface area contributed by atoms with Crippen LogP contribution in [-0.2, 0) is 4.74 Å². The molecule has 7 heteroatoms. The van der Waals surface area contributed by atoms with E-state index < -0.39 is 0 Å². The second-order valence-electron chi connectivity index (χ2n) is 7.34. The standard InChI is InChI=1S/C21H28N6O/c1-15-6-4-7-18(25-15)27-17(3)16(2)19-20(23-14-24-21(19)27)22-8-5-9-26-10-12-28-13-11-26/h4,6-7,14H,5,8-13H2,1-3H3,(H,22,23,24). The molecule has 0 radical (unpaired) electrons. The van der Waals surface area contributed by atoms with Crippen LogP contribution >= 0.6 is 0 Å². The summed E-state index contributed by atoms with van der Waals surface area (Å²) in [5.41, 5.74) is 4.23. The number of hydrogen-bond acceptors (Lipinski definition) is 6. The lowest BCUT2D eigenvalue weighted by Crippen LogP contribution is -2.37. The van der Waals surface area contributed by atoms with Gasteiger partial charge in [-0.2, -0.15) is 0 Å². The largest absolute Gasteiger partial charge is 0.379 e. The van der Waals surface area contributed by atoms with Gasteiger partial charge >= 0.3 is 0 Å². The van der Waals surface area contributed by atoms with E-state index in [4.69, 9.17) is 9.72 Å². The van der Waals surface area contributed by atoms with Crippen molar-refractivity contribution >= 4 is 16.9 Å². The molecule has 3 aromatic rings. The second-order valence-corrected chi connectivity index (χ2v) is 7.34. The first-order chi connectivity index (χ1) is 13.6. The van der Waals surface area contributed by atoms with Crippen molar-refractivity contribution in [3.63, 3.8) is 0 Å². The highest BCUT2D eigenvalue weighted by Crippen LogP contribution is 2.30. The molecular weight excluding hydrogens is 352 g/mol. The number of rotatable bonds is 6. The molecule has 1 aliphatic rings. The number of aromatic nitrogens is 4.